The van der Waals surface area contributed by atoms with Crippen molar-refractivity contribution in [3.05, 3.63) is 29.8 Å². The zero-order valence-electron chi connectivity index (χ0n) is 15.5. The lowest BCUT2D eigenvalue weighted by molar-refractivity contribution is -0.126. The highest BCUT2D eigenvalue weighted by molar-refractivity contribution is 6.12. The van der Waals surface area contributed by atoms with Crippen molar-refractivity contribution in [3.8, 4) is 0 Å². The SMILES string of the molecule is CCC(C)CNC(=O)CN1C(=O)C2CCCCN2C(=O)c2ccccc21. The van der Waals surface area contributed by atoms with Crippen molar-refractivity contribution < 1.29 is 14.4 Å². The fraction of sp³-hybridized carbons (Fsp3) is 0.550. The fourth-order valence-corrected chi connectivity index (χ4v) is 3.57. The van der Waals surface area contributed by atoms with Crippen LogP contribution in [0.15, 0.2) is 24.3 Å². The summed E-state index contributed by atoms with van der Waals surface area (Å²) in [6.45, 7) is 5.29. The Hall–Kier alpha value is -2.37. The van der Waals surface area contributed by atoms with Crippen molar-refractivity contribution in [2.24, 2.45) is 5.92 Å². The van der Waals surface area contributed by atoms with Gasteiger partial charge in [0.25, 0.3) is 5.91 Å². The third kappa shape index (κ3) is 3.59. The summed E-state index contributed by atoms with van der Waals surface area (Å²) >= 11 is 0. The van der Waals surface area contributed by atoms with Gasteiger partial charge in [0.05, 0.1) is 11.3 Å². The standard InChI is InChI=1S/C20H27N3O3/c1-3-14(2)12-21-18(24)13-23-16-9-5-4-8-15(16)19(25)22-11-7-6-10-17(22)20(23)26/h4-5,8-9,14,17H,3,6-7,10-13H2,1-2H3,(H,21,24). The largest absolute Gasteiger partial charge is 0.354 e. The molecule has 1 aromatic carbocycles. The first-order chi connectivity index (χ1) is 12.5. The van der Waals surface area contributed by atoms with Crippen molar-refractivity contribution >= 4 is 23.4 Å². The van der Waals surface area contributed by atoms with Crippen LogP contribution in [0, 0.1) is 5.92 Å². The molecule has 2 unspecified atom stereocenters. The molecule has 0 radical (unpaired) electrons. The number of anilines is 1. The summed E-state index contributed by atoms with van der Waals surface area (Å²) in [5.74, 6) is -0.0606. The van der Waals surface area contributed by atoms with Crippen LogP contribution in [-0.2, 0) is 9.59 Å². The van der Waals surface area contributed by atoms with Crippen LogP contribution in [0.2, 0.25) is 0 Å². The van der Waals surface area contributed by atoms with Crippen molar-refractivity contribution in [1.29, 1.82) is 0 Å². The van der Waals surface area contributed by atoms with Crippen LogP contribution in [0.5, 0.6) is 0 Å². The average Bonchev–Trinajstić information content (AvgIpc) is 2.76. The van der Waals surface area contributed by atoms with Crippen LogP contribution in [0.4, 0.5) is 5.69 Å². The van der Waals surface area contributed by atoms with Gasteiger partial charge in [0.2, 0.25) is 11.8 Å². The van der Waals surface area contributed by atoms with E-state index in [2.05, 4.69) is 19.2 Å². The molecule has 2 aliphatic heterocycles. The van der Waals surface area contributed by atoms with Crippen LogP contribution in [0.3, 0.4) is 0 Å². The molecule has 1 fully saturated rings. The lowest BCUT2D eigenvalue weighted by atomic mass is 10.0. The number of hydrogen-bond acceptors (Lipinski definition) is 3. The number of piperidine rings is 1. The summed E-state index contributed by atoms with van der Waals surface area (Å²) in [6.07, 6.45) is 3.47. The Kier molecular flexibility index (Phi) is 5.59. The number of carbonyl (C=O) groups excluding carboxylic acids is 3. The minimum absolute atomic E-state index is 0.0517. The van der Waals surface area contributed by atoms with E-state index in [0.29, 0.717) is 36.7 Å². The van der Waals surface area contributed by atoms with E-state index in [9.17, 15) is 14.4 Å². The molecule has 3 rings (SSSR count). The molecule has 0 saturated carbocycles. The van der Waals surface area contributed by atoms with Gasteiger partial charge >= 0.3 is 0 Å². The van der Waals surface area contributed by atoms with Crippen LogP contribution in [-0.4, -0.2) is 48.3 Å². The zero-order valence-corrected chi connectivity index (χ0v) is 15.5. The number of hydrogen-bond donors (Lipinski definition) is 1. The summed E-state index contributed by atoms with van der Waals surface area (Å²) in [5, 5.41) is 2.90. The maximum Gasteiger partial charge on any atom is 0.256 e. The highest BCUT2D eigenvalue weighted by atomic mass is 16.2. The molecule has 1 N–H and O–H groups in total. The van der Waals surface area contributed by atoms with Crippen molar-refractivity contribution in [3.63, 3.8) is 0 Å². The monoisotopic (exact) mass is 357 g/mol. The van der Waals surface area contributed by atoms with Gasteiger partial charge in [-0.15, -0.1) is 0 Å². The second kappa shape index (κ2) is 7.89. The Morgan fingerprint density at radius 2 is 2.04 bits per heavy atom. The third-order valence-corrected chi connectivity index (χ3v) is 5.39. The predicted octanol–water partition coefficient (Wildman–Crippen LogP) is 2.19. The smallest absolute Gasteiger partial charge is 0.256 e. The van der Waals surface area contributed by atoms with Crippen molar-refractivity contribution in [1.82, 2.24) is 10.2 Å². The van der Waals surface area contributed by atoms with Gasteiger partial charge in [-0.3, -0.25) is 14.4 Å². The van der Waals surface area contributed by atoms with E-state index in [1.54, 1.807) is 29.2 Å². The van der Waals surface area contributed by atoms with Gasteiger partial charge in [-0.25, -0.2) is 0 Å². The minimum atomic E-state index is -0.467. The maximum absolute atomic E-state index is 13.2. The number of amides is 3. The van der Waals surface area contributed by atoms with E-state index in [1.165, 1.54) is 4.90 Å². The van der Waals surface area contributed by atoms with E-state index in [4.69, 9.17) is 0 Å². The van der Waals surface area contributed by atoms with E-state index in [1.807, 2.05) is 0 Å². The number of fused-ring (bicyclic) bond motifs is 2. The average molecular weight is 357 g/mol. The lowest BCUT2D eigenvalue weighted by Gasteiger charge is -2.34. The molecule has 1 saturated heterocycles. The summed E-state index contributed by atoms with van der Waals surface area (Å²) in [7, 11) is 0. The van der Waals surface area contributed by atoms with Gasteiger partial charge in [-0.05, 0) is 37.3 Å². The number of nitrogens with zero attached hydrogens (tertiary/aromatic N) is 2. The van der Waals surface area contributed by atoms with Gasteiger partial charge in [-0.1, -0.05) is 32.4 Å². The van der Waals surface area contributed by atoms with Crippen molar-refractivity contribution in [2.75, 3.05) is 24.5 Å². The number of nitrogens with one attached hydrogen (secondary N) is 1. The van der Waals surface area contributed by atoms with Gasteiger partial charge in [0, 0.05) is 13.1 Å². The quantitative estimate of drug-likeness (QED) is 0.878. The van der Waals surface area contributed by atoms with Gasteiger partial charge in [0.15, 0.2) is 0 Å². The molecule has 0 bridgehead atoms. The molecule has 2 atom stereocenters. The number of carbonyl (C=O) groups is 3. The molecular weight excluding hydrogens is 330 g/mol. The molecule has 0 aliphatic carbocycles. The molecule has 26 heavy (non-hydrogen) atoms. The summed E-state index contributed by atoms with van der Waals surface area (Å²) < 4.78 is 0. The second-order valence-electron chi connectivity index (χ2n) is 7.27. The lowest BCUT2D eigenvalue weighted by Crippen LogP contribution is -2.52. The Bertz CT molecular complexity index is 703. The summed E-state index contributed by atoms with van der Waals surface area (Å²) in [5.41, 5.74) is 1.04. The molecule has 6 nitrogen and oxygen atoms in total. The second-order valence-corrected chi connectivity index (χ2v) is 7.27. The zero-order chi connectivity index (χ0) is 18.7. The van der Waals surface area contributed by atoms with Crippen LogP contribution < -0.4 is 10.2 Å². The van der Waals surface area contributed by atoms with E-state index >= 15 is 0 Å². The Morgan fingerprint density at radius 1 is 1.27 bits per heavy atom. The van der Waals surface area contributed by atoms with Gasteiger partial charge < -0.3 is 15.1 Å². The first-order valence-corrected chi connectivity index (χ1v) is 9.51. The Balaban J connectivity index is 1.87. The first-order valence-electron chi connectivity index (χ1n) is 9.51. The van der Waals surface area contributed by atoms with E-state index < -0.39 is 6.04 Å². The first kappa shape index (κ1) is 18.4. The molecule has 0 spiro atoms. The van der Waals surface area contributed by atoms with Crippen molar-refractivity contribution in [2.45, 2.75) is 45.6 Å². The molecule has 1 aromatic rings. The molecule has 0 aromatic heterocycles. The molecular formula is C20H27N3O3. The molecule has 140 valence electrons. The highest BCUT2D eigenvalue weighted by Crippen LogP contribution is 2.31. The minimum Gasteiger partial charge on any atom is -0.354 e. The number of benzene rings is 1. The van der Waals surface area contributed by atoms with Crippen LogP contribution >= 0.6 is 0 Å². The van der Waals surface area contributed by atoms with Gasteiger partial charge in [-0.2, -0.15) is 0 Å². The van der Waals surface area contributed by atoms with Crippen LogP contribution in [0.1, 0.15) is 49.9 Å². The third-order valence-electron chi connectivity index (χ3n) is 5.39. The predicted molar refractivity (Wildman–Crippen MR) is 99.9 cm³/mol. The number of rotatable bonds is 5. The molecule has 2 aliphatic rings. The molecule has 6 heteroatoms. The maximum atomic E-state index is 13.2. The normalized spacial score (nSPS) is 20.9. The molecule has 3 amide bonds. The Labute approximate surface area is 154 Å². The Morgan fingerprint density at radius 3 is 2.81 bits per heavy atom. The van der Waals surface area contributed by atoms with E-state index in [-0.39, 0.29) is 24.3 Å². The summed E-state index contributed by atoms with van der Waals surface area (Å²) in [6, 6.07) is 6.63. The fourth-order valence-electron chi connectivity index (χ4n) is 3.57. The van der Waals surface area contributed by atoms with Crippen LogP contribution in [0.25, 0.3) is 0 Å². The van der Waals surface area contributed by atoms with E-state index in [0.717, 1.165) is 19.3 Å². The highest BCUT2D eigenvalue weighted by Gasteiger charge is 2.40. The van der Waals surface area contributed by atoms with Gasteiger partial charge in [0.1, 0.15) is 12.6 Å². The summed E-state index contributed by atoms with van der Waals surface area (Å²) in [4.78, 5) is 41.7. The topological polar surface area (TPSA) is 69.7 Å². The number of para-hydroxylation sites is 1. The molecule has 2 heterocycles.